The first-order chi connectivity index (χ1) is 14.1. The van der Waals surface area contributed by atoms with Crippen molar-refractivity contribution in [3.63, 3.8) is 0 Å². The highest BCUT2D eigenvalue weighted by atomic mass is 127. The Balaban J connectivity index is 0.00000320. The van der Waals surface area contributed by atoms with Gasteiger partial charge in [-0.05, 0) is 51.1 Å². The summed E-state index contributed by atoms with van der Waals surface area (Å²) in [7, 11) is 4.31. The number of guanidine groups is 1. The number of likely N-dealkylation sites (N-methyl/N-ethyl adjacent to an activating group) is 1. The van der Waals surface area contributed by atoms with E-state index in [2.05, 4.69) is 65.9 Å². The lowest BCUT2D eigenvalue weighted by molar-refractivity contribution is -0.00501. The SMILES string of the molecule is CCNC(=NCc1ccccc1Cn1cccn1)NCC1(N(C)C)CCOCC1.I. The normalized spacial score (nSPS) is 16.2. The highest BCUT2D eigenvalue weighted by molar-refractivity contribution is 14.0. The topological polar surface area (TPSA) is 66.7 Å². The third-order valence-corrected chi connectivity index (χ3v) is 5.72. The minimum Gasteiger partial charge on any atom is -0.381 e. The second-order valence-corrected chi connectivity index (χ2v) is 7.75. The third-order valence-electron chi connectivity index (χ3n) is 5.72. The largest absolute Gasteiger partial charge is 0.381 e. The molecule has 0 saturated carbocycles. The Labute approximate surface area is 197 Å². The van der Waals surface area contributed by atoms with E-state index in [4.69, 9.17) is 9.73 Å². The molecular formula is C22H35IN6O. The van der Waals surface area contributed by atoms with Gasteiger partial charge in [-0.3, -0.25) is 4.68 Å². The van der Waals surface area contributed by atoms with Crippen LogP contribution in [0.2, 0.25) is 0 Å². The Morgan fingerprint density at radius 1 is 1.17 bits per heavy atom. The lowest BCUT2D eigenvalue weighted by atomic mass is 9.88. The summed E-state index contributed by atoms with van der Waals surface area (Å²) in [5.74, 6) is 0.856. The van der Waals surface area contributed by atoms with Crippen LogP contribution in [-0.4, -0.2) is 66.6 Å². The van der Waals surface area contributed by atoms with Gasteiger partial charge in [0.05, 0.1) is 13.1 Å². The number of ether oxygens (including phenoxy) is 1. The van der Waals surface area contributed by atoms with Gasteiger partial charge in [0.25, 0.3) is 0 Å². The summed E-state index contributed by atoms with van der Waals surface area (Å²) >= 11 is 0. The predicted octanol–water partition coefficient (Wildman–Crippen LogP) is 2.72. The van der Waals surface area contributed by atoms with E-state index in [9.17, 15) is 0 Å². The minimum absolute atomic E-state index is 0. The number of nitrogens with zero attached hydrogens (tertiary/aromatic N) is 4. The quantitative estimate of drug-likeness (QED) is 0.315. The van der Waals surface area contributed by atoms with E-state index in [1.54, 1.807) is 0 Å². The highest BCUT2D eigenvalue weighted by Gasteiger charge is 2.34. The van der Waals surface area contributed by atoms with Gasteiger partial charge in [-0.2, -0.15) is 5.10 Å². The van der Waals surface area contributed by atoms with Crippen molar-refractivity contribution in [2.24, 2.45) is 4.99 Å². The van der Waals surface area contributed by atoms with Gasteiger partial charge in [-0.25, -0.2) is 4.99 Å². The van der Waals surface area contributed by atoms with E-state index in [0.717, 1.165) is 51.6 Å². The number of aromatic nitrogens is 2. The molecule has 0 bridgehead atoms. The van der Waals surface area contributed by atoms with Gasteiger partial charge in [0.2, 0.25) is 0 Å². The van der Waals surface area contributed by atoms with Gasteiger partial charge >= 0.3 is 0 Å². The molecule has 0 spiro atoms. The fourth-order valence-corrected chi connectivity index (χ4v) is 3.72. The van der Waals surface area contributed by atoms with Gasteiger partial charge < -0.3 is 20.3 Å². The maximum atomic E-state index is 5.58. The van der Waals surface area contributed by atoms with Crippen LogP contribution >= 0.6 is 24.0 Å². The van der Waals surface area contributed by atoms with E-state index in [1.165, 1.54) is 11.1 Å². The Morgan fingerprint density at radius 2 is 1.90 bits per heavy atom. The summed E-state index contributed by atoms with van der Waals surface area (Å²) in [6.07, 6.45) is 5.85. The molecule has 2 N–H and O–H groups in total. The van der Waals surface area contributed by atoms with Gasteiger partial charge in [0.15, 0.2) is 5.96 Å². The highest BCUT2D eigenvalue weighted by Crippen LogP contribution is 2.25. The zero-order valence-electron chi connectivity index (χ0n) is 18.3. The number of benzene rings is 1. The lowest BCUT2D eigenvalue weighted by Crippen LogP contribution is -2.57. The van der Waals surface area contributed by atoms with Crippen molar-refractivity contribution in [1.82, 2.24) is 25.3 Å². The zero-order valence-corrected chi connectivity index (χ0v) is 20.6. The molecule has 3 rings (SSSR count). The monoisotopic (exact) mass is 526 g/mol. The maximum Gasteiger partial charge on any atom is 0.191 e. The molecular weight excluding hydrogens is 491 g/mol. The molecule has 1 aliphatic heterocycles. The Hall–Kier alpha value is -1.65. The van der Waals surface area contributed by atoms with Crippen LogP contribution in [-0.2, 0) is 17.8 Å². The molecule has 166 valence electrons. The first-order valence-electron chi connectivity index (χ1n) is 10.4. The third kappa shape index (κ3) is 6.68. The van der Waals surface area contributed by atoms with Gasteiger partial charge in [-0.15, -0.1) is 24.0 Å². The van der Waals surface area contributed by atoms with Crippen LogP contribution < -0.4 is 10.6 Å². The summed E-state index contributed by atoms with van der Waals surface area (Å²) < 4.78 is 7.53. The molecule has 0 aliphatic carbocycles. The smallest absolute Gasteiger partial charge is 0.191 e. The van der Waals surface area contributed by atoms with Crippen molar-refractivity contribution in [2.45, 2.75) is 38.4 Å². The molecule has 8 heteroatoms. The Kier molecular flexibility index (Phi) is 10.1. The molecule has 1 fully saturated rings. The van der Waals surface area contributed by atoms with Crippen molar-refractivity contribution >= 4 is 29.9 Å². The number of aliphatic imine (C=N–C) groups is 1. The summed E-state index contributed by atoms with van der Waals surface area (Å²) in [4.78, 5) is 7.19. The summed E-state index contributed by atoms with van der Waals surface area (Å²) in [6, 6.07) is 10.4. The van der Waals surface area contributed by atoms with E-state index < -0.39 is 0 Å². The number of rotatable bonds is 8. The molecule has 1 saturated heterocycles. The molecule has 30 heavy (non-hydrogen) atoms. The molecule has 0 atom stereocenters. The summed E-state index contributed by atoms with van der Waals surface area (Å²) in [6.45, 7) is 6.79. The second kappa shape index (κ2) is 12.3. The van der Waals surface area contributed by atoms with Gasteiger partial charge in [0.1, 0.15) is 0 Å². The van der Waals surface area contributed by atoms with Crippen LogP contribution in [0, 0.1) is 0 Å². The van der Waals surface area contributed by atoms with E-state index >= 15 is 0 Å². The van der Waals surface area contributed by atoms with Gasteiger partial charge in [-0.1, -0.05) is 24.3 Å². The first-order valence-corrected chi connectivity index (χ1v) is 10.4. The molecule has 2 aromatic rings. The Bertz CT molecular complexity index is 772. The van der Waals surface area contributed by atoms with Crippen LogP contribution in [0.5, 0.6) is 0 Å². The number of nitrogens with one attached hydrogen (secondary N) is 2. The number of hydrogen-bond donors (Lipinski definition) is 2. The molecule has 0 amide bonds. The van der Waals surface area contributed by atoms with Crippen LogP contribution in [0.4, 0.5) is 0 Å². The molecule has 7 nitrogen and oxygen atoms in total. The molecule has 0 radical (unpaired) electrons. The standard InChI is InChI=1S/C22H34N6O.HI/c1-4-23-21(25-18-22(27(2)3)10-14-29-15-11-22)24-16-19-8-5-6-9-20(19)17-28-13-7-12-26-28;/h5-9,12-13H,4,10-11,14-18H2,1-3H3,(H2,23,24,25);1H. The fourth-order valence-electron chi connectivity index (χ4n) is 3.72. The minimum atomic E-state index is 0. The van der Waals surface area contributed by atoms with Gasteiger partial charge in [0, 0.05) is 44.2 Å². The lowest BCUT2D eigenvalue weighted by Gasteiger charge is -2.43. The van der Waals surface area contributed by atoms with Crippen LogP contribution in [0.3, 0.4) is 0 Å². The molecule has 1 aliphatic rings. The van der Waals surface area contributed by atoms with Crippen molar-refractivity contribution in [1.29, 1.82) is 0 Å². The first kappa shape index (κ1) is 24.6. The summed E-state index contributed by atoms with van der Waals surface area (Å²) in [5.41, 5.74) is 2.56. The maximum absolute atomic E-state index is 5.58. The van der Waals surface area contributed by atoms with Crippen molar-refractivity contribution in [2.75, 3.05) is 40.4 Å². The molecule has 0 unspecified atom stereocenters. The molecule has 2 heterocycles. The van der Waals surface area contributed by atoms with E-state index in [-0.39, 0.29) is 29.5 Å². The van der Waals surface area contributed by atoms with Crippen molar-refractivity contribution in [3.8, 4) is 0 Å². The van der Waals surface area contributed by atoms with E-state index in [1.807, 2.05) is 23.1 Å². The summed E-state index contributed by atoms with van der Waals surface area (Å²) in [5, 5.41) is 11.3. The average molecular weight is 526 g/mol. The van der Waals surface area contributed by atoms with E-state index in [0.29, 0.717) is 6.54 Å². The molecule has 1 aromatic heterocycles. The van der Waals surface area contributed by atoms with Crippen LogP contribution in [0.15, 0.2) is 47.7 Å². The number of halogens is 1. The zero-order chi connectivity index (χ0) is 20.5. The van der Waals surface area contributed by atoms with Crippen LogP contribution in [0.25, 0.3) is 0 Å². The molecule has 1 aromatic carbocycles. The average Bonchev–Trinajstić information content (AvgIpc) is 3.25. The van der Waals surface area contributed by atoms with Crippen molar-refractivity contribution < 1.29 is 4.74 Å². The predicted molar refractivity (Wildman–Crippen MR) is 132 cm³/mol. The fraction of sp³-hybridized carbons (Fsp3) is 0.545. The van der Waals surface area contributed by atoms with Crippen LogP contribution in [0.1, 0.15) is 30.9 Å². The number of hydrogen-bond acceptors (Lipinski definition) is 4. The Morgan fingerprint density at radius 3 is 2.53 bits per heavy atom. The second-order valence-electron chi connectivity index (χ2n) is 7.75. The van der Waals surface area contributed by atoms with Crippen molar-refractivity contribution in [3.05, 3.63) is 53.9 Å².